The summed E-state index contributed by atoms with van der Waals surface area (Å²) in [4.78, 5) is 22.4. The van der Waals surface area contributed by atoms with Gasteiger partial charge in [0.1, 0.15) is 23.6 Å². The van der Waals surface area contributed by atoms with Crippen molar-refractivity contribution in [1.29, 1.82) is 0 Å². The number of likely N-dealkylation sites (tertiary alicyclic amines) is 1. The molecule has 1 aromatic heterocycles. The van der Waals surface area contributed by atoms with E-state index in [2.05, 4.69) is 9.97 Å². The molecule has 0 saturated carbocycles. The molecule has 0 atom stereocenters. The third kappa shape index (κ3) is 5.68. The minimum Gasteiger partial charge on any atom is -0.477 e. The number of nitrogens with zero attached hydrogens (tertiary/aromatic N) is 3. The van der Waals surface area contributed by atoms with E-state index in [1.165, 1.54) is 6.33 Å². The molecule has 2 aromatic carbocycles. The zero-order valence-corrected chi connectivity index (χ0v) is 18.7. The number of anilines is 1. The van der Waals surface area contributed by atoms with Crippen LogP contribution in [-0.2, 0) is 4.79 Å². The van der Waals surface area contributed by atoms with E-state index >= 15 is 0 Å². The number of amides is 1. The third-order valence-corrected chi connectivity index (χ3v) is 5.65. The fourth-order valence-corrected chi connectivity index (χ4v) is 3.84. The van der Waals surface area contributed by atoms with E-state index in [0.29, 0.717) is 29.8 Å². The standard InChI is InChI=1S/C26H28N4O3/c1-2-6-23(31)30-15-13-19(14-16-30)17-32-26-24(25(27)28-18-29-26)20-9-11-22(12-10-20)33-21-7-4-3-5-8-21/h2-12,18-19H,13-17H2,1H3,(H2,27,28,29). The quantitative estimate of drug-likeness (QED) is 0.531. The van der Waals surface area contributed by atoms with Gasteiger partial charge in [0.2, 0.25) is 11.8 Å². The van der Waals surface area contributed by atoms with Crippen LogP contribution < -0.4 is 15.2 Å². The molecule has 170 valence electrons. The van der Waals surface area contributed by atoms with E-state index < -0.39 is 0 Å². The predicted octanol–water partition coefficient (Wildman–Crippen LogP) is 4.71. The Hall–Kier alpha value is -3.87. The van der Waals surface area contributed by atoms with Crippen molar-refractivity contribution in [3.8, 4) is 28.5 Å². The summed E-state index contributed by atoms with van der Waals surface area (Å²) < 4.78 is 12.0. The van der Waals surface area contributed by atoms with Crippen LogP contribution in [-0.4, -0.2) is 40.5 Å². The molecule has 0 unspecified atom stereocenters. The van der Waals surface area contributed by atoms with E-state index in [-0.39, 0.29) is 5.91 Å². The van der Waals surface area contributed by atoms with E-state index in [1.54, 1.807) is 12.2 Å². The summed E-state index contributed by atoms with van der Waals surface area (Å²) in [6.07, 6.45) is 6.59. The van der Waals surface area contributed by atoms with Crippen molar-refractivity contribution in [2.24, 2.45) is 5.92 Å². The molecule has 1 aliphatic heterocycles. The second-order valence-electron chi connectivity index (χ2n) is 7.96. The Labute approximate surface area is 193 Å². The van der Waals surface area contributed by atoms with Gasteiger partial charge in [-0.15, -0.1) is 0 Å². The molecular weight excluding hydrogens is 416 g/mol. The molecule has 0 bridgehead atoms. The van der Waals surface area contributed by atoms with Crippen LogP contribution in [0.2, 0.25) is 0 Å². The summed E-state index contributed by atoms with van der Waals surface area (Å²) in [5.41, 5.74) is 7.72. The minimum atomic E-state index is 0.0717. The van der Waals surface area contributed by atoms with E-state index in [1.807, 2.05) is 66.4 Å². The first kappa shape index (κ1) is 22.3. The fraction of sp³-hybridized carbons (Fsp3) is 0.269. The first-order chi connectivity index (χ1) is 16.1. The number of benzene rings is 2. The van der Waals surface area contributed by atoms with E-state index in [4.69, 9.17) is 15.2 Å². The Morgan fingerprint density at radius 3 is 2.45 bits per heavy atom. The van der Waals surface area contributed by atoms with Crippen LogP contribution in [0.1, 0.15) is 19.8 Å². The maximum atomic E-state index is 12.0. The molecule has 2 heterocycles. The molecule has 2 N–H and O–H groups in total. The van der Waals surface area contributed by atoms with Crippen LogP contribution in [0.5, 0.6) is 17.4 Å². The number of allylic oxidation sites excluding steroid dienone is 1. The van der Waals surface area contributed by atoms with Crippen LogP contribution >= 0.6 is 0 Å². The number of hydrogen-bond donors (Lipinski definition) is 1. The molecule has 0 aliphatic carbocycles. The minimum absolute atomic E-state index is 0.0717. The largest absolute Gasteiger partial charge is 0.477 e. The molecule has 1 amide bonds. The Morgan fingerprint density at radius 1 is 1.06 bits per heavy atom. The summed E-state index contributed by atoms with van der Waals surface area (Å²) in [7, 11) is 0. The number of carbonyl (C=O) groups is 1. The summed E-state index contributed by atoms with van der Waals surface area (Å²) >= 11 is 0. The maximum absolute atomic E-state index is 12.0. The first-order valence-corrected chi connectivity index (χ1v) is 11.1. The normalized spacial score (nSPS) is 14.4. The van der Waals surface area contributed by atoms with Crippen molar-refractivity contribution in [1.82, 2.24) is 14.9 Å². The van der Waals surface area contributed by atoms with Gasteiger partial charge in [0, 0.05) is 13.1 Å². The van der Waals surface area contributed by atoms with Gasteiger partial charge in [-0.05, 0) is 61.6 Å². The predicted molar refractivity (Wildman–Crippen MR) is 128 cm³/mol. The Kier molecular flexibility index (Phi) is 7.19. The summed E-state index contributed by atoms with van der Waals surface area (Å²) in [6, 6.07) is 17.2. The van der Waals surface area contributed by atoms with Crippen LogP contribution in [0.15, 0.2) is 73.1 Å². The molecule has 33 heavy (non-hydrogen) atoms. The smallest absolute Gasteiger partial charge is 0.246 e. The number of rotatable bonds is 7. The highest BCUT2D eigenvalue weighted by Gasteiger charge is 2.23. The van der Waals surface area contributed by atoms with Crippen molar-refractivity contribution < 1.29 is 14.3 Å². The van der Waals surface area contributed by atoms with Gasteiger partial charge in [0.05, 0.1) is 12.2 Å². The highest BCUT2D eigenvalue weighted by atomic mass is 16.5. The number of nitrogens with two attached hydrogens (primary N) is 1. The molecule has 0 radical (unpaired) electrons. The lowest BCUT2D eigenvalue weighted by Crippen LogP contribution is -2.38. The molecule has 0 spiro atoms. The third-order valence-electron chi connectivity index (χ3n) is 5.65. The molecule has 1 aliphatic rings. The van der Waals surface area contributed by atoms with Crippen LogP contribution in [0.3, 0.4) is 0 Å². The van der Waals surface area contributed by atoms with E-state index in [9.17, 15) is 4.79 Å². The topological polar surface area (TPSA) is 90.6 Å². The average molecular weight is 445 g/mol. The molecule has 1 fully saturated rings. The lowest BCUT2D eigenvalue weighted by atomic mass is 9.97. The van der Waals surface area contributed by atoms with Gasteiger partial charge in [-0.2, -0.15) is 0 Å². The fourth-order valence-electron chi connectivity index (χ4n) is 3.84. The SMILES string of the molecule is CC=CC(=O)N1CCC(COc2ncnc(N)c2-c2ccc(Oc3ccccc3)cc2)CC1. The number of nitrogen functional groups attached to an aromatic ring is 1. The molecular formula is C26H28N4O3. The van der Waals surface area contributed by atoms with E-state index in [0.717, 1.165) is 43.0 Å². The highest BCUT2D eigenvalue weighted by molar-refractivity contribution is 5.87. The Morgan fingerprint density at radius 2 is 1.76 bits per heavy atom. The summed E-state index contributed by atoms with van der Waals surface area (Å²) in [5, 5.41) is 0. The van der Waals surface area contributed by atoms with Crippen molar-refractivity contribution in [2.45, 2.75) is 19.8 Å². The van der Waals surface area contributed by atoms with Crippen molar-refractivity contribution in [3.63, 3.8) is 0 Å². The lowest BCUT2D eigenvalue weighted by Gasteiger charge is -2.31. The number of hydrogen-bond acceptors (Lipinski definition) is 6. The first-order valence-electron chi connectivity index (χ1n) is 11.1. The van der Waals surface area contributed by atoms with Gasteiger partial charge in [-0.3, -0.25) is 4.79 Å². The number of piperidine rings is 1. The number of aromatic nitrogens is 2. The molecule has 7 heteroatoms. The molecule has 1 saturated heterocycles. The zero-order valence-electron chi connectivity index (χ0n) is 18.7. The van der Waals surface area contributed by atoms with Crippen molar-refractivity contribution >= 4 is 11.7 Å². The van der Waals surface area contributed by atoms with Gasteiger partial charge in [-0.1, -0.05) is 36.4 Å². The second kappa shape index (κ2) is 10.6. The summed E-state index contributed by atoms with van der Waals surface area (Å²) in [5.74, 6) is 2.75. The van der Waals surface area contributed by atoms with Crippen LogP contribution in [0.25, 0.3) is 11.1 Å². The Bertz CT molecular complexity index is 1090. The van der Waals surface area contributed by atoms with Crippen molar-refractivity contribution in [3.05, 3.63) is 73.1 Å². The molecule has 3 aromatic rings. The Balaban J connectivity index is 1.41. The van der Waals surface area contributed by atoms with Crippen LogP contribution in [0, 0.1) is 5.92 Å². The highest BCUT2D eigenvalue weighted by Crippen LogP contribution is 2.34. The zero-order chi connectivity index (χ0) is 23.0. The van der Waals surface area contributed by atoms with Gasteiger partial charge in [0.15, 0.2) is 0 Å². The maximum Gasteiger partial charge on any atom is 0.246 e. The number of para-hydroxylation sites is 1. The van der Waals surface area contributed by atoms with Gasteiger partial charge < -0.3 is 20.1 Å². The monoisotopic (exact) mass is 444 g/mol. The number of ether oxygens (including phenoxy) is 2. The van der Waals surface area contributed by atoms with Gasteiger partial charge in [-0.25, -0.2) is 9.97 Å². The second-order valence-corrected chi connectivity index (χ2v) is 7.96. The average Bonchev–Trinajstić information content (AvgIpc) is 2.84. The molecule has 4 rings (SSSR count). The summed E-state index contributed by atoms with van der Waals surface area (Å²) in [6.45, 7) is 3.84. The molecule has 7 nitrogen and oxygen atoms in total. The van der Waals surface area contributed by atoms with Gasteiger partial charge in [0.25, 0.3) is 0 Å². The van der Waals surface area contributed by atoms with Crippen molar-refractivity contribution in [2.75, 3.05) is 25.4 Å². The lowest BCUT2D eigenvalue weighted by molar-refractivity contribution is -0.127. The van der Waals surface area contributed by atoms with Gasteiger partial charge >= 0.3 is 0 Å². The van der Waals surface area contributed by atoms with Crippen LogP contribution in [0.4, 0.5) is 5.82 Å². The number of carbonyl (C=O) groups excluding carboxylic acids is 1.